The van der Waals surface area contributed by atoms with Crippen molar-refractivity contribution in [3.05, 3.63) is 40.4 Å². The van der Waals surface area contributed by atoms with E-state index >= 15 is 0 Å². The third kappa shape index (κ3) is 5.82. The second-order valence-electron chi connectivity index (χ2n) is 4.15. The molecule has 0 saturated carbocycles. The molecule has 0 aliphatic rings. The molecule has 0 spiro atoms. The Labute approximate surface area is 118 Å². The van der Waals surface area contributed by atoms with Crippen molar-refractivity contribution < 1.29 is 0 Å². The van der Waals surface area contributed by atoms with E-state index in [4.69, 9.17) is 23.2 Å². The molecule has 1 aromatic carbocycles. The lowest BCUT2D eigenvalue weighted by molar-refractivity contribution is 0.623. The maximum absolute atomic E-state index is 5.95. The topological polar surface area (TPSA) is 12.0 Å². The highest BCUT2D eigenvalue weighted by Crippen LogP contribution is 2.28. The van der Waals surface area contributed by atoms with Crippen molar-refractivity contribution in [2.24, 2.45) is 0 Å². The number of hydrogen-bond donors (Lipinski definition) is 1. The van der Waals surface area contributed by atoms with Crippen molar-refractivity contribution in [2.75, 3.05) is 12.3 Å². The standard InChI is InChI=1S/C13H17Cl2NS/c1-9(2)16-7-10(3)8-17-11-4-5-12(14)13(15)6-11/h4-6,9,16H,3,7-8H2,1-2H3. The molecule has 0 unspecified atom stereocenters. The van der Waals surface area contributed by atoms with E-state index in [2.05, 4.69) is 25.7 Å². The molecule has 1 nitrogen and oxygen atoms in total. The lowest BCUT2D eigenvalue weighted by Gasteiger charge is -2.10. The normalized spacial score (nSPS) is 10.9. The van der Waals surface area contributed by atoms with Gasteiger partial charge in [0, 0.05) is 23.2 Å². The molecule has 0 amide bonds. The minimum absolute atomic E-state index is 0.488. The van der Waals surface area contributed by atoms with Gasteiger partial charge in [0.05, 0.1) is 10.0 Å². The summed E-state index contributed by atoms with van der Waals surface area (Å²) in [6, 6.07) is 6.17. The summed E-state index contributed by atoms with van der Waals surface area (Å²) in [5.41, 5.74) is 1.18. The Morgan fingerprint density at radius 2 is 2.06 bits per heavy atom. The Bertz CT molecular complexity index is 391. The third-order valence-corrected chi connectivity index (χ3v) is 3.97. The molecular weight excluding hydrogens is 273 g/mol. The summed E-state index contributed by atoms with van der Waals surface area (Å²) in [4.78, 5) is 1.12. The Hall–Kier alpha value is -0.150. The fourth-order valence-electron chi connectivity index (χ4n) is 1.15. The van der Waals surface area contributed by atoms with Crippen molar-refractivity contribution in [1.82, 2.24) is 5.32 Å². The maximum Gasteiger partial charge on any atom is 0.0603 e. The van der Waals surface area contributed by atoms with E-state index in [1.165, 1.54) is 5.57 Å². The summed E-state index contributed by atoms with van der Waals surface area (Å²) >= 11 is 13.5. The largest absolute Gasteiger partial charge is 0.311 e. The van der Waals surface area contributed by atoms with Crippen LogP contribution in [0.2, 0.25) is 10.0 Å². The van der Waals surface area contributed by atoms with Crippen LogP contribution in [0.5, 0.6) is 0 Å². The first kappa shape index (κ1) is 14.9. The van der Waals surface area contributed by atoms with Gasteiger partial charge in [-0.15, -0.1) is 11.8 Å². The van der Waals surface area contributed by atoms with E-state index in [-0.39, 0.29) is 0 Å². The summed E-state index contributed by atoms with van der Waals surface area (Å²) in [7, 11) is 0. The van der Waals surface area contributed by atoms with Crippen LogP contribution < -0.4 is 5.32 Å². The van der Waals surface area contributed by atoms with Gasteiger partial charge in [0.1, 0.15) is 0 Å². The van der Waals surface area contributed by atoms with Gasteiger partial charge in [-0.3, -0.25) is 0 Å². The predicted molar refractivity (Wildman–Crippen MR) is 79.5 cm³/mol. The zero-order valence-electron chi connectivity index (χ0n) is 10.1. The predicted octanol–water partition coefficient (Wildman–Crippen LogP) is 4.64. The highest BCUT2D eigenvalue weighted by Gasteiger charge is 2.02. The molecular formula is C13H17Cl2NS. The Balaban J connectivity index is 2.39. The highest BCUT2D eigenvalue weighted by atomic mass is 35.5. The Kier molecular flexibility index (Phi) is 6.42. The smallest absolute Gasteiger partial charge is 0.0603 e. The van der Waals surface area contributed by atoms with Crippen LogP contribution in [0.15, 0.2) is 35.2 Å². The summed E-state index contributed by atoms with van der Waals surface area (Å²) < 4.78 is 0. The first-order valence-corrected chi connectivity index (χ1v) is 7.21. The first-order valence-electron chi connectivity index (χ1n) is 5.47. The molecule has 0 heterocycles. The second kappa shape index (κ2) is 7.32. The quantitative estimate of drug-likeness (QED) is 0.605. The second-order valence-corrected chi connectivity index (χ2v) is 6.01. The van der Waals surface area contributed by atoms with Crippen LogP contribution in [0.25, 0.3) is 0 Å². The minimum Gasteiger partial charge on any atom is -0.311 e. The average molecular weight is 290 g/mol. The van der Waals surface area contributed by atoms with E-state index in [1.54, 1.807) is 11.8 Å². The average Bonchev–Trinajstić information content (AvgIpc) is 2.28. The molecule has 0 aliphatic heterocycles. The van der Waals surface area contributed by atoms with E-state index < -0.39 is 0 Å². The van der Waals surface area contributed by atoms with Crippen LogP contribution in [0.4, 0.5) is 0 Å². The number of nitrogens with one attached hydrogen (secondary N) is 1. The zero-order chi connectivity index (χ0) is 12.8. The lowest BCUT2D eigenvalue weighted by Crippen LogP contribution is -2.25. The van der Waals surface area contributed by atoms with Gasteiger partial charge in [0.15, 0.2) is 0 Å². The summed E-state index contributed by atoms with van der Waals surface area (Å²) in [5.74, 6) is 0.887. The molecule has 0 fully saturated rings. The maximum atomic E-state index is 5.95. The zero-order valence-corrected chi connectivity index (χ0v) is 12.4. The van der Waals surface area contributed by atoms with Crippen molar-refractivity contribution in [2.45, 2.75) is 24.8 Å². The molecule has 0 aromatic heterocycles. The van der Waals surface area contributed by atoms with Crippen LogP contribution in [-0.2, 0) is 0 Å². The monoisotopic (exact) mass is 289 g/mol. The fourth-order valence-corrected chi connectivity index (χ4v) is 2.35. The Morgan fingerprint density at radius 3 is 2.65 bits per heavy atom. The molecule has 4 heteroatoms. The number of benzene rings is 1. The molecule has 0 bridgehead atoms. The summed E-state index contributed by atoms with van der Waals surface area (Å²) in [5, 5.41) is 4.54. The number of hydrogen-bond acceptors (Lipinski definition) is 2. The Morgan fingerprint density at radius 1 is 1.35 bits per heavy atom. The van der Waals surface area contributed by atoms with Crippen molar-refractivity contribution in [3.63, 3.8) is 0 Å². The lowest BCUT2D eigenvalue weighted by atomic mass is 10.3. The molecule has 1 aromatic rings. The van der Waals surface area contributed by atoms with Crippen molar-refractivity contribution in [1.29, 1.82) is 0 Å². The van der Waals surface area contributed by atoms with Crippen LogP contribution >= 0.6 is 35.0 Å². The molecule has 0 radical (unpaired) electrons. The van der Waals surface area contributed by atoms with Gasteiger partial charge in [0.25, 0.3) is 0 Å². The molecule has 1 rings (SSSR count). The van der Waals surface area contributed by atoms with Crippen LogP contribution in [0, 0.1) is 0 Å². The molecule has 1 N–H and O–H groups in total. The van der Waals surface area contributed by atoms with E-state index in [1.807, 2.05) is 18.2 Å². The van der Waals surface area contributed by atoms with Gasteiger partial charge in [-0.05, 0) is 18.2 Å². The van der Waals surface area contributed by atoms with Crippen LogP contribution in [0.3, 0.4) is 0 Å². The molecule has 0 atom stereocenters. The van der Waals surface area contributed by atoms with Gasteiger partial charge in [0.2, 0.25) is 0 Å². The van der Waals surface area contributed by atoms with Gasteiger partial charge >= 0.3 is 0 Å². The van der Waals surface area contributed by atoms with Crippen molar-refractivity contribution in [3.8, 4) is 0 Å². The number of halogens is 2. The van der Waals surface area contributed by atoms with Crippen LogP contribution in [-0.4, -0.2) is 18.3 Å². The number of rotatable bonds is 6. The van der Waals surface area contributed by atoms with E-state index in [0.29, 0.717) is 16.1 Å². The molecule has 94 valence electrons. The van der Waals surface area contributed by atoms with E-state index in [9.17, 15) is 0 Å². The SMILES string of the molecule is C=C(CNC(C)C)CSc1ccc(Cl)c(Cl)c1. The first-order chi connectivity index (χ1) is 7.99. The number of thioether (sulfide) groups is 1. The molecule has 0 saturated heterocycles. The fraction of sp³-hybridized carbons (Fsp3) is 0.385. The highest BCUT2D eigenvalue weighted by molar-refractivity contribution is 7.99. The van der Waals surface area contributed by atoms with E-state index in [0.717, 1.165) is 17.2 Å². The van der Waals surface area contributed by atoms with Gasteiger partial charge in [-0.2, -0.15) is 0 Å². The third-order valence-electron chi connectivity index (χ3n) is 2.09. The minimum atomic E-state index is 0.488. The molecule has 0 aliphatic carbocycles. The van der Waals surface area contributed by atoms with Crippen LogP contribution in [0.1, 0.15) is 13.8 Å². The van der Waals surface area contributed by atoms with Gasteiger partial charge in [-0.25, -0.2) is 0 Å². The van der Waals surface area contributed by atoms with Gasteiger partial charge in [-0.1, -0.05) is 49.2 Å². The summed E-state index contributed by atoms with van der Waals surface area (Å²) in [6.07, 6.45) is 0. The van der Waals surface area contributed by atoms with Crippen molar-refractivity contribution >= 4 is 35.0 Å². The molecule has 17 heavy (non-hydrogen) atoms. The summed E-state index contributed by atoms with van der Waals surface area (Å²) in [6.45, 7) is 9.14. The van der Waals surface area contributed by atoms with Gasteiger partial charge < -0.3 is 5.32 Å².